The smallest absolute Gasteiger partial charge is 0.164 e. The molecule has 2 rings (SSSR count). The molecule has 0 spiro atoms. The topological polar surface area (TPSA) is 37.4 Å². The summed E-state index contributed by atoms with van der Waals surface area (Å²) in [5, 5.41) is 0. The molecule has 1 saturated heterocycles. The number of nitrogens with zero attached hydrogens (tertiary/aromatic N) is 1. The molecular weight excluding hydrogens is 279 g/mol. The first-order valence-corrected chi connectivity index (χ1v) is 7.76. The summed E-state index contributed by atoms with van der Waals surface area (Å²) >= 11 is 0. The van der Waals surface area contributed by atoms with Crippen LogP contribution in [0.3, 0.4) is 0 Å². The predicted molar refractivity (Wildman–Crippen MR) is 65.1 cm³/mol. The summed E-state index contributed by atoms with van der Waals surface area (Å²) in [6.45, 7) is 1.01. The predicted octanol–water partition coefficient (Wildman–Crippen LogP) is 1.38. The fraction of sp³-hybridized carbons (Fsp3) is 0.500. The molecule has 0 aliphatic carbocycles. The minimum absolute atomic E-state index is 0.0233. The van der Waals surface area contributed by atoms with Crippen molar-refractivity contribution >= 4 is 9.84 Å². The van der Waals surface area contributed by atoms with Gasteiger partial charge in [0.05, 0.1) is 11.5 Å². The Morgan fingerprint density at radius 1 is 1.05 bits per heavy atom. The van der Waals surface area contributed by atoms with Crippen molar-refractivity contribution in [2.45, 2.75) is 6.42 Å². The number of hydrogen-bond acceptors (Lipinski definition) is 3. The number of hydrogen-bond donors (Lipinski definition) is 0. The lowest BCUT2D eigenvalue weighted by Crippen LogP contribution is -2.41. The van der Waals surface area contributed by atoms with E-state index in [0.717, 1.165) is 12.1 Å². The van der Waals surface area contributed by atoms with Crippen LogP contribution in [0.2, 0.25) is 0 Å². The van der Waals surface area contributed by atoms with Gasteiger partial charge in [-0.3, -0.25) is 0 Å². The second-order valence-corrected chi connectivity index (χ2v) is 6.87. The first-order valence-electron chi connectivity index (χ1n) is 5.94. The van der Waals surface area contributed by atoms with Gasteiger partial charge < -0.3 is 4.90 Å². The van der Waals surface area contributed by atoms with E-state index in [1.165, 1.54) is 0 Å². The molecule has 1 aliphatic heterocycles. The maximum Gasteiger partial charge on any atom is 0.164 e. The molecule has 19 heavy (non-hydrogen) atoms. The van der Waals surface area contributed by atoms with Crippen LogP contribution in [-0.4, -0.2) is 44.5 Å². The second-order valence-electron chi connectivity index (χ2n) is 4.57. The molecule has 0 bridgehead atoms. The van der Waals surface area contributed by atoms with Gasteiger partial charge in [-0.1, -0.05) is 0 Å². The van der Waals surface area contributed by atoms with E-state index >= 15 is 0 Å². The Hall–Kier alpha value is -1.08. The summed E-state index contributed by atoms with van der Waals surface area (Å²) in [6, 6.07) is 1.65. The monoisotopic (exact) mass is 293 g/mol. The largest absolute Gasteiger partial charge is 0.301 e. The van der Waals surface area contributed by atoms with Crippen LogP contribution in [0.15, 0.2) is 12.1 Å². The zero-order valence-corrected chi connectivity index (χ0v) is 11.0. The van der Waals surface area contributed by atoms with Gasteiger partial charge in [-0.2, -0.15) is 0 Å². The van der Waals surface area contributed by atoms with Crippen molar-refractivity contribution in [2.75, 3.05) is 31.1 Å². The van der Waals surface area contributed by atoms with Gasteiger partial charge in [-0.05, 0) is 18.6 Å². The van der Waals surface area contributed by atoms with Gasteiger partial charge >= 0.3 is 0 Å². The van der Waals surface area contributed by atoms with Crippen molar-refractivity contribution in [3.05, 3.63) is 35.1 Å². The fourth-order valence-electron chi connectivity index (χ4n) is 2.04. The van der Waals surface area contributed by atoms with Gasteiger partial charge in [-0.15, -0.1) is 0 Å². The lowest BCUT2D eigenvalue weighted by molar-refractivity contribution is 0.296. The Balaban J connectivity index is 1.99. The number of rotatable bonds is 3. The Morgan fingerprint density at radius 3 is 2.26 bits per heavy atom. The van der Waals surface area contributed by atoms with Crippen molar-refractivity contribution in [1.29, 1.82) is 0 Å². The highest BCUT2D eigenvalue weighted by molar-refractivity contribution is 7.91. The SMILES string of the molecule is O=S1(=O)CCN(CCc2c(F)ccc(F)c2F)CC1. The van der Waals surface area contributed by atoms with E-state index in [2.05, 4.69) is 0 Å². The Kier molecular flexibility index (Phi) is 4.15. The molecule has 0 aromatic heterocycles. The lowest BCUT2D eigenvalue weighted by atomic mass is 10.1. The molecule has 0 atom stereocenters. The fourth-order valence-corrected chi connectivity index (χ4v) is 3.32. The quantitative estimate of drug-likeness (QED) is 0.790. The average molecular weight is 293 g/mol. The normalized spacial score (nSPS) is 19.5. The maximum atomic E-state index is 13.4. The van der Waals surface area contributed by atoms with Crippen molar-refractivity contribution < 1.29 is 21.6 Å². The maximum absolute atomic E-state index is 13.4. The molecule has 1 aromatic carbocycles. The molecule has 1 fully saturated rings. The highest BCUT2D eigenvalue weighted by atomic mass is 32.2. The van der Waals surface area contributed by atoms with Gasteiger partial charge in [0.1, 0.15) is 5.82 Å². The molecule has 0 N–H and O–H groups in total. The highest BCUT2D eigenvalue weighted by Gasteiger charge is 2.22. The second kappa shape index (κ2) is 5.50. The minimum atomic E-state index is -2.97. The third kappa shape index (κ3) is 3.48. The van der Waals surface area contributed by atoms with Crippen molar-refractivity contribution in [2.24, 2.45) is 0 Å². The van der Waals surface area contributed by atoms with Gasteiger partial charge in [-0.25, -0.2) is 21.6 Å². The van der Waals surface area contributed by atoms with Gasteiger partial charge in [0.15, 0.2) is 21.5 Å². The van der Waals surface area contributed by atoms with Gasteiger partial charge in [0.2, 0.25) is 0 Å². The summed E-state index contributed by atoms with van der Waals surface area (Å²) in [4.78, 5) is 1.81. The molecule has 1 aliphatic rings. The number of benzene rings is 1. The van der Waals surface area contributed by atoms with E-state index in [4.69, 9.17) is 0 Å². The molecule has 0 radical (unpaired) electrons. The summed E-state index contributed by atoms with van der Waals surface area (Å²) in [5.74, 6) is -2.90. The Morgan fingerprint density at radius 2 is 1.63 bits per heavy atom. The average Bonchev–Trinajstić information content (AvgIpc) is 2.36. The van der Waals surface area contributed by atoms with Crippen molar-refractivity contribution in [3.8, 4) is 0 Å². The molecule has 1 aromatic rings. The third-order valence-electron chi connectivity index (χ3n) is 3.25. The van der Waals surface area contributed by atoms with E-state index in [0.29, 0.717) is 19.6 Å². The summed E-state index contributed by atoms with van der Waals surface area (Å²) in [6.07, 6.45) is 0.0233. The molecule has 0 amide bonds. The highest BCUT2D eigenvalue weighted by Crippen LogP contribution is 2.17. The zero-order chi connectivity index (χ0) is 14.0. The van der Waals surface area contributed by atoms with Crippen LogP contribution in [0.25, 0.3) is 0 Å². The summed E-state index contributed by atoms with van der Waals surface area (Å²) < 4.78 is 62.2. The van der Waals surface area contributed by atoms with E-state index in [-0.39, 0.29) is 23.5 Å². The lowest BCUT2D eigenvalue weighted by Gasteiger charge is -2.26. The van der Waals surface area contributed by atoms with Gasteiger partial charge in [0, 0.05) is 25.2 Å². The minimum Gasteiger partial charge on any atom is -0.301 e. The summed E-state index contributed by atoms with van der Waals surface area (Å²) in [5.41, 5.74) is -0.284. The van der Waals surface area contributed by atoms with Crippen LogP contribution in [-0.2, 0) is 16.3 Å². The number of halogens is 3. The van der Waals surface area contributed by atoms with Crippen LogP contribution in [0.5, 0.6) is 0 Å². The van der Waals surface area contributed by atoms with E-state index in [1.807, 2.05) is 4.90 Å². The standard InChI is InChI=1S/C12H14F3NO2S/c13-10-1-2-11(14)12(15)9(10)3-4-16-5-7-19(17,18)8-6-16/h1-2H,3-8H2. The number of sulfone groups is 1. The first-order chi connectivity index (χ1) is 8.89. The molecule has 7 heteroatoms. The van der Waals surface area contributed by atoms with Crippen LogP contribution in [0.1, 0.15) is 5.56 Å². The van der Waals surface area contributed by atoms with Crippen LogP contribution in [0, 0.1) is 17.5 Å². The van der Waals surface area contributed by atoms with Crippen LogP contribution < -0.4 is 0 Å². The molecule has 3 nitrogen and oxygen atoms in total. The van der Waals surface area contributed by atoms with Gasteiger partial charge in [0.25, 0.3) is 0 Å². The Bertz CT molecular complexity index is 561. The third-order valence-corrected chi connectivity index (χ3v) is 4.86. The molecule has 0 unspecified atom stereocenters. The molecule has 106 valence electrons. The molecule has 1 heterocycles. The Labute approximate surface area is 109 Å². The van der Waals surface area contributed by atoms with E-state index < -0.39 is 27.3 Å². The van der Waals surface area contributed by atoms with Crippen molar-refractivity contribution in [3.63, 3.8) is 0 Å². The zero-order valence-electron chi connectivity index (χ0n) is 10.2. The summed E-state index contributed by atoms with van der Waals surface area (Å²) in [7, 11) is -2.97. The first kappa shape index (κ1) is 14.3. The molecule has 0 saturated carbocycles. The molecular formula is C12H14F3NO2S. The van der Waals surface area contributed by atoms with E-state index in [1.54, 1.807) is 0 Å². The van der Waals surface area contributed by atoms with Crippen LogP contribution >= 0.6 is 0 Å². The van der Waals surface area contributed by atoms with E-state index in [9.17, 15) is 21.6 Å². The van der Waals surface area contributed by atoms with Crippen molar-refractivity contribution in [1.82, 2.24) is 4.90 Å². The van der Waals surface area contributed by atoms with Crippen LogP contribution in [0.4, 0.5) is 13.2 Å².